The molecule has 62 valence electrons. The van der Waals surface area contributed by atoms with Crippen molar-refractivity contribution in [3.63, 3.8) is 0 Å². The van der Waals surface area contributed by atoms with Crippen LogP contribution in [0.1, 0.15) is 6.92 Å². The molecule has 1 N–H and O–H groups in total. The lowest BCUT2D eigenvalue weighted by molar-refractivity contribution is 0.129. The first-order chi connectivity index (χ1) is 5.33. The van der Waals surface area contributed by atoms with Gasteiger partial charge in [0.1, 0.15) is 6.33 Å². The average Bonchev–Trinajstić information content (AvgIpc) is 2.52. The van der Waals surface area contributed by atoms with E-state index in [1.54, 1.807) is 7.11 Å². The zero-order chi connectivity index (χ0) is 8.10. The number of nitrogens with zero attached hydrogens (tertiary/aromatic N) is 2. The molecule has 11 heavy (non-hydrogen) atoms. The van der Waals surface area contributed by atoms with Crippen LogP contribution in [0.3, 0.4) is 0 Å². The van der Waals surface area contributed by atoms with Gasteiger partial charge in [0.05, 0.1) is 6.10 Å². The molecule has 0 aliphatic heterocycles. The van der Waals surface area contributed by atoms with Gasteiger partial charge in [-0.2, -0.15) is 4.37 Å². The number of ether oxygens (including phenoxy) is 1. The highest BCUT2D eigenvalue weighted by Crippen LogP contribution is 2.06. The maximum Gasteiger partial charge on any atom is 0.202 e. The average molecular weight is 173 g/mol. The Morgan fingerprint density at radius 2 is 2.64 bits per heavy atom. The van der Waals surface area contributed by atoms with Gasteiger partial charge in [-0.15, -0.1) is 0 Å². The second kappa shape index (κ2) is 4.25. The Bertz CT molecular complexity index is 190. The summed E-state index contributed by atoms with van der Waals surface area (Å²) in [6.45, 7) is 2.76. The molecule has 1 aromatic heterocycles. The molecule has 1 atom stereocenters. The molecule has 0 amide bonds. The van der Waals surface area contributed by atoms with Gasteiger partial charge >= 0.3 is 0 Å². The molecule has 1 aromatic rings. The van der Waals surface area contributed by atoms with Crippen molar-refractivity contribution in [2.45, 2.75) is 13.0 Å². The molecule has 0 spiro atoms. The van der Waals surface area contributed by atoms with Crippen molar-refractivity contribution in [3.05, 3.63) is 6.33 Å². The number of nitrogens with one attached hydrogen (secondary N) is 1. The van der Waals surface area contributed by atoms with E-state index >= 15 is 0 Å². The van der Waals surface area contributed by atoms with Crippen molar-refractivity contribution >= 4 is 16.7 Å². The Hall–Kier alpha value is -0.680. The minimum Gasteiger partial charge on any atom is -0.380 e. The van der Waals surface area contributed by atoms with Gasteiger partial charge in [-0.25, -0.2) is 4.98 Å². The highest BCUT2D eigenvalue weighted by Gasteiger charge is 1.99. The summed E-state index contributed by atoms with van der Waals surface area (Å²) in [5.74, 6) is 0. The number of hydrogen-bond donors (Lipinski definition) is 1. The third kappa shape index (κ3) is 2.81. The van der Waals surface area contributed by atoms with Gasteiger partial charge in [-0.3, -0.25) is 0 Å². The fourth-order valence-corrected chi connectivity index (χ4v) is 1.00. The molecule has 0 saturated heterocycles. The van der Waals surface area contributed by atoms with Crippen molar-refractivity contribution in [2.75, 3.05) is 19.0 Å². The second-order valence-electron chi connectivity index (χ2n) is 2.17. The lowest BCUT2D eigenvalue weighted by atomic mass is 10.4. The van der Waals surface area contributed by atoms with Gasteiger partial charge in [0.15, 0.2) is 0 Å². The Balaban J connectivity index is 2.23. The molecule has 4 nitrogen and oxygen atoms in total. The van der Waals surface area contributed by atoms with Crippen LogP contribution in [0.4, 0.5) is 5.13 Å². The molecule has 0 fully saturated rings. The standard InChI is InChI=1S/C6H11N3OS/c1-5(10-2)3-7-6-8-4-9-11-6/h4-5H,3H2,1-2H3,(H,7,8,9). The van der Waals surface area contributed by atoms with Crippen molar-refractivity contribution in [1.82, 2.24) is 9.36 Å². The SMILES string of the molecule is COC(C)CNc1ncns1. The first-order valence-corrected chi connectivity index (χ1v) is 4.13. The van der Waals surface area contributed by atoms with E-state index in [1.165, 1.54) is 17.9 Å². The molecule has 0 saturated carbocycles. The summed E-state index contributed by atoms with van der Waals surface area (Å²) in [4.78, 5) is 3.96. The summed E-state index contributed by atoms with van der Waals surface area (Å²) in [5.41, 5.74) is 0. The molecular weight excluding hydrogens is 162 g/mol. The minimum absolute atomic E-state index is 0.207. The Morgan fingerprint density at radius 1 is 1.82 bits per heavy atom. The van der Waals surface area contributed by atoms with Gasteiger partial charge in [0, 0.05) is 25.2 Å². The largest absolute Gasteiger partial charge is 0.380 e. The summed E-state index contributed by atoms with van der Waals surface area (Å²) in [6.07, 6.45) is 1.74. The summed E-state index contributed by atoms with van der Waals surface area (Å²) in [5, 5.41) is 3.94. The Morgan fingerprint density at radius 3 is 3.18 bits per heavy atom. The molecule has 1 unspecified atom stereocenters. The minimum atomic E-state index is 0.207. The van der Waals surface area contributed by atoms with Crippen LogP contribution in [0.5, 0.6) is 0 Å². The van der Waals surface area contributed by atoms with E-state index in [-0.39, 0.29) is 6.10 Å². The van der Waals surface area contributed by atoms with Crippen molar-refractivity contribution in [1.29, 1.82) is 0 Å². The van der Waals surface area contributed by atoms with Crippen molar-refractivity contribution in [2.24, 2.45) is 0 Å². The monoisotopic (exact) mass is 173 g/mol. The summed E-state index contributed by atoms with van der Waals surface area (Å²) < 4.78 is 8.90. The van der Waals surface area contributed by atoms with Crippen LogP contribution in [0, 0.1) is 0 Å². The molecule has 0 aliphatic carbocycles. The number of rotatable bonds is 4. The topological polar surface area (TPSA) is 47.0 Å². The molecular formula is C6H11N3OS. The van der Waals surface area contributed by atoms with Crippen LogP contribution in [0.15, 0.2) is 6.33 Å². The van der Waals surface area contributed by atoms with Crippen molar-refractivity contribution < 1.29 is 4.74 Å². The van der Waals surface area contributed by atoms with E-state index < -0.39 is 0 Å². The maximum absolute atomic E-state index is 5.04. The number of hydrogen-bond acceptors (Lipinski definition) is 5. The zero-order valence-corrected chi connectivity index (χ0v) is 7.39. The summed E-state index contributed by atoms with van der Waals surface area (Å²) in [6, 6.07) is 0. The van der Waals surface area contributed by atoms with Gasteiger partial charge in [-0.05, 0) is 6.92 Å². The second-order valence-corrected chi connectivity index (χ2v) is 2.95. The van der Waals surface area contributed by atoms with Crippen molar-refractivity contribution in [3.8, 4) is 0 Å². The first-order valence-electron chi connectivity index (χ1n) is 3.36. The Labute approximate surface area is 69.8 Å². The van der Waals surface area contributed by atoms with Crippen LogP contribution < -0.4 is 5.32 Å². The molecule has 1 rings (SSSR count). The van der Waals surface area contributed by atoms with Crippen LogP contribution in [-0.4, -0.2) is 29.1 Å². The molecule has 1 heterocycles. The number of aromatic nitrogens is 2. The van der Waals surface area contributed by atoms with Gasteiger partial charge < -0.3 is 10.1 Å². The van der Waals surface area contributed by atoms with Gasteiger partial charge in [0.2, 0.25) is 5.13 Å². The van der Waals surface area contributed by atoms with E-state index in [9.17, 15) is 0 Å². The normalized spacial score (nSPS) is 12.9. The smallest absolute Gasteiger partial charge is 0.202 e. The Kier molecular flexibility index (Phi) is 3.25. The first kappa shape index (κ1) is 8.42. The molecule has 0 aliphatic rings. The predicted molar refractivity (Wildman–Crippen MR) is 44.9 cm³/mol. The van der Waals surface area contributed by atoms with Gasteiger partial charge in [-0.1, -0.05) is 0 Å². The predicted octanol–water partition coefficient (Wildman–Crippen LogP) is 0.985. The fourth-order valence-electron chi connectivity index (χ4n) is 0.565. The molecule has 5 heteroatoms. The molecule has 0 aromatic carbocycles. The highest BCUT2D eigenvalue weighted by atomic mass is 32.1. The van der Waals surface area contributed by atoms with Crippen LogP contribution in [-0.2, 0) is 4.74 Å². The highest BCUT2D eigenvalue weighted by molar-refractivity contribution is 7.09. The number of methoxy groups -OCH3 is 1. The maximum atomic E-state index is 5.04. The third-order valence-electron chi connectivity index (χ3n) is 1.30. The van der Waals surface area contributed by atoms with E-state index in [1.807, 2.05) is 6.92 Å². The molecule has 0 radical (unpaired) electrons. The van der Waals surface area contributed by atoms with E-state index in [4.69, 9.17) is 4.74 Å². The van der Waals surface area contributed by atoms with Crippen LogP contribution in [0.25, 0.3) is 0 Å². The fraction of sp³-hybridized carbons (Fsp3) is 0.667. The van der Waals surface area contributed by atoms with E-state index in [0.29, 0.717) is 0 Å². The lowest BCUT2D eigenvalue weighted by Gasteiger charge is -2.08. The summed E-state index contributed by atoms with van der Waals surface area (Å²) >= 11 is 1.35. The van der Waals surface area contributed by atoms with Gasteiger partial charge in [0.25, 0.3) is 0 Å². The van der Waals surface area contributed by atoms with E-state index in [0.717, 1.165) is 11.7 Å². The quantitative estimate of drug-likeness (QED) is 0.737. The van der Waals surface area contributed by atoms with Crippen LogP contribution >= 0.6 is 11.5 Å². The van der Waals surface area contributed by atoms with Crippen LogP contribution in [0.2, 0.25) is 0 Å². The van der Waals surface area contributed by atoms with E-state index in [2.05, 4.69) is 14.7 Å². The zero-order valence-electron chi connectivity index (χ0n) is 6.57. The lowest BCUT2D eigenvalue weighted by Crippen LogP contribution is -2.17. The summed E-state index contributed by atoms with van der Waals surface area (Å²) in [7, 11) is 1.69. The number of anilines is 1. The molecule has 0 bridgehead atoms. The third-order valence-corrected chi connectivity index (χ3v) is 1.93.